The summed E-state index contributed by atoms with van der Waals surface area (Å²) in [4.78, 5) is 11.6. The lowest BCUT2D eigenvalue weighted by Gasteiger charge is -2.14. The first-order valence-corrected chi connectivity index (χ1v) is 5.83. The average molecular weight is 276 g/mol. The van der Waals surface area contributed by atoms with Crippen molar-refractivity contribution in [3.8, 4) is 11.5 Å². The molecule has 0 saturated heterocycles. The monoisotopic (exact) mass is 276 g/mol. The van der Waals surface area contributed by atoms with Crippen molar-refractivity contribution in [3.63, 3.8) is 0 Å². The fourth-order valence-electron chi connectivity index (χ4n) is 1.30. The first-order valence-electron chi connectivity index (χ1n) is 5.83. The Balaban J connectivity index is 2.71. The minimum atomic E-state index is -4.79. The summed E-state index contributed by atoms with van der Waals surface area (Å²) in [5.74, 6) is -0.900. The molecule has 0 N–H and O–H groups in total. The number of alkyl halides is 3. The molecule has 0 amide bonds. The summed E-state index contributed by atoms with van der Waals surface area (Å²) in [5.41, 5.74) is 0. The maximum Gasteiger partial charge on any atom is 0.573 e. The van der Waals surface area contributed by atoms with E-state index in [4.69, 9.17) is 4.74 Å². The van der Waals surface area contributed by atoms with Gasteiger partial charge >= 0.3 is 6.36 Å². The third-order valence-electron chi connectivity index (χ3n) is 2.61. The Kier molecular flexibility index (Phi) is 5.20. The van der Waals surface area contributed by atoms with Crippen molar-refractivity contribution in [2.24, 2.45) is 5.92 Å². The zero-order chi connectivity index (χ0) is 14.5. The molecule has 0 bridgehead atoms. The third-order valence-corrected chi connectivity index (χ3v) is 2.61. The van der Waals surface area contributed by atoms with Crippen molar-refractivity contribution in [1.29, 1.82) is 0 Å². The number of hydrogen-bond donors (Lipinski definition) is 0. The topological polar surface area (TPSA) is 35.5 Å². The molecule has 3 nitrogen and oxygen atoms in total. The van der Waals surface area contributed by atoms with Gasteiger partial charge in [-0.15, -0.1) is 13.2 Å². The van der Waals surface area contributed by atoms with Crippen LogP contribution in [0.3, 0.4) is 0 Å². The van der Waals surface area contributed by atoms with Crippen molar-refractivity contribution in [1.82, 2.24) is 0 Å². The molecule has 1 atom stereocenters. The molecule has 0 aliphatic rings. The minimum Gasteiger partial charge on any atom is -0.482 e. The number of rotatable bonds is 6. The maximum absolute atomic E-state index is 12.2. The zero-order valence-electron chi connectivity index (χ0n) is 10.7. The van der Waals surface area contributed by atoms with E-state index < -0.39 is 12.1 Å². The normalized spacial score (nSPS) is 12.9. The van der Waals surface area contributed by atoms with Gasteiger partial charge in [0.1, 0.15) is 6.61 Å². The summed E-state index contributed by atoms with van der Waals surface area (Å²) in [5, 5.41) is 0. The van der Waals surface area contributed by atoms with Gasteiger partial charge in [0.25, 0.3) is 0 Å². The first-order chi connectivity index (χ1) is 8.83. The van der Waals surface area contributed by atoms with E-state index in [0.717, 1.165) is 6.07 Å². The van der Waals surface area contributed by atoms with E-state index in [1.807, 2.05) is 6.92 Å². The maximum atomic E-state index is 12.2. The molecule has 6 heteroatoms. The molecule has 1 rings (SSSR count). The van der Waals surface area contributed by atoms with Crippen molar-refractivity contribution < 1.29 is 27.4 Å². The van der Waals surface area contributed by atoms with E-state index in [2.05, 4.69) is 4.74 Å². The van der Waals surface area contributed by atoms with Crippen molar-refractivity contribution in [2.45, 2.75) is 26.6 Å². The van der Waals surface area contributed by atoms with Crippen molar-refractivity contribution in [3.05, 3.63) is 24.3 Å². The molecule has 0 aliphatic carbocycles. The molecule has 0 radical (unpaired) electrons. The molecule has 0 aromatic heterocycles. The molecule has 0 fully saturated rings. The molecule has 0 aliphatic heterocycles. The smallest absolute Gasteiger partial charge is 0.482 e. The van der Waals surface area contributed by atoms with Crippen LogP contribution in [0.15, 0.2) is 24.3 Å². The molecule has 106 valence electrons. The second kappa shape index (κ2) is 6.45. The summed E-state index contributed by atoms with van der Waals surface area (Å²) >= 11 is 0. The second-order valence-corrected chi connectivity index (χ2v) is 4.06. The third kappa shape index (κ3) is 5.19. The second-order valence-electron chi connectivity index (χ2n) is 4.06. The number of benzene rings is 1. The average Bonchev–Trinajstić information content (AvgIpc) is 2.34. The quantitative estimate of drug-likeness (QED) is 0.796. The van der Waals surface area contributed by atoms with Crippen LogP contribution >= 0.6 is 0 Å². The lowest BCUT2D eigenvalue weighted by Crippen LogP contribution is -2.20. The lowest BCUT2D eigenvalue weighted by molar-refractivity contribution is -0.275. The Morgan fingerprint density at radius 3 is 2.37 bits per heavy atom. The molecule has 19 heavy (non-hydrogen) atoms. The van der Waals surface area contributed by atoms with Crippen LogP contribution in [0.25, 0.3) is 0 Å². The summed E-state index contributed by atoms with van der Waals surface area (Å²) in [7, 11) is 0. The van der Waals surface area contributed by atoms with Gasteiger partial charge in [-0.3, -0.25) is 4.79 Å². The van der Waals surface area contributed by atoms with Gasteiger partial charge in [0.15, 0.2) is 17.3 Å². The van der Waals surface area contributed by atoms with Gasteiger partial charge in [-0.2, -0.15) is 0 Å². The Hall–Kier alpha value is -1.72. The van der Waals surface area contributed by atoms with Crippen LogP contribution in [0.1, 0.15) is 20.3 Å². The van der Waals surface area contributed by atoms with E-state index in [-0.39, 0.29) is 24.1 Å². The van der Waals surface area contributed by atoms with Gasteiger partial charge in [0, 0.05) is 5.92 Å². The number of hydrogen-bond acceptors (Lipinski definition) is 3. The standard InChI is InChI=1S/C13H15F3O3/c1-3-9(2)10(17)8-18-11-6-4-5-7-12(11)19-13(14,15)16/h4-7,9H,3,8H2,1-2H3. The van der Waals surface area contributed by atoms with Crippen LogP contribution in [-0.2, 0) is 4.79 Å². The number of ketones is 1. The van der Waals surface area contributed by atoms with Gasteiger partial charge in [0.05, 0.1) is 0 Å². The molecule has 1 aromatic rings. The number of halogens is 3. The number of carbonyl (C=O) groups excluding carboxylic acids is 1. The molecular weight excluding hydrogens is 261 g/mol. The predicted octanol–water partition coefficient (Wildman–Crippen LogP) is 3.58. The molecular formula is C13H15F3O3. The van der Waals surface area contributed by atoms with E-state index >= 15 is 0 Å². The number of Topliss-reactive ketones (excluding diaryl/α,β-unsaturated/α-hetero) is 1. The van der Waals surface area contributed by atoms with Crippen LogP contribution in [0.5, 0.6) is 11.5 Å². The number of para-hydroxylation sites is 2. The van der Waals surface area contributed by atoms with Crippen LogP contribution in [0, 0.1) is 5.92 Å². The van der Waals surface area contributed by atoms with E-state index in [0.29, 0.717) is 6.42 Å². The Morgan fingerprint density at radius 1 is 1.26 bits per heavy atom. The fraction of sp³-hybridized carbons (Fsp3) is 0.462. The van der Waals surface area contributed by atoms with E-state index in [1.54, 1.807) is 6.92 Å². The minimum absolute atomic E-state index is 0.100. The molecule has 0 saturated carbocycles. The molecule has 1 unspecified atom stereocenters. The summed E-state index contributed by atoms with van der Waals surface area (Å²) in [6.07, 6.45) is -4.14. The largest absolute Gasteiger partial charge is 0.573 e. The van der Waals surface area contributed by atoms with Crippen molar-refractivity contribution in [2.75, 3.05) is 6.61 Å². The van der Waals surface area contributed by atoms with Gasteiger partial charge in [-0.1, -0.05) is 26.0 Å². The highest BCUT2D eigenvalue weighted by molar-refractivity contribution is 5.82. The highest BCUT2D eigenvalue weighted by Crippen LogP contribution is 2.31. The molecule has 0 spiro atoms. The zero-order valence-corrected chi connectivity index (χ0v) is 10.7. The predicted molar refractivity (Wildman–Crippen MR) is 63.1 cm³/mol. The summed E-state index contributed by atoms with van der Waals surface area (Å²) in [6.45, 7) is 3.32. The highest BCUT2D eigenvalue weighted by Gasteiger charge is 2.32. The van der Waals surface area contributed by atoms with Gasteiger partial charge < -0.3 is 9.47 Å². The van der Waals surface area contributed by atoms with Gasteiger partial charge in [0.2, 0.25) is 0 Å². The Bertz CT molecular complexity index is 429. The van der Waals surface area contributed by atoms with Crippen LogP contribution in [-0.4, -0.2) is 18.8 Å². The fourth-order valence-corrected chi connectivity index (χ4v) is 1.30. The van der Waals surface area contributed by atoms with E-state index in [1.165, 1.54) is 18.2 Å². The van der Waals surface area contributed by atoms with Crippen LogP contribution < -0.4 is 9.47 Å². The number of carbonyl (C=O) groups is 1. The molecule has 1 aromatic carbocycles. The van der Waals surface area contributed by atoms with Crippen LogP contribution in [0.4, 0.5) is 13.2 Å². The van der Waals surface area contributed by atoms with E-state index in [9.17, 15) is 18.0 Å². The SMILES string of the molecule is CCC(C)C(=O)COc1ccccc1OC(F)(F)F. The highest BCUT2D eigenvalue weighted by atomic mass is 19.4. The summed E-state index contributed by atoms with van der Waals surface area (Å²) < 4.78 is 45.4. The Labute approximate surface area is 109 Å². The first kappa shape index (κ1) is 15.3. The molecule has 0 heterocycles. The lowest BCUT2D eigenvalue weighted by atomic mass is 10.1. The van der Waals surface area contributed by atoms with Gasteiger partial charge in [-0.25, -0.2) is 0 Å². The summed E-state index contributed by atoms with van der Waals surface area (Å²) in [6, 6.07) is 5.36. The van der Waals surface area contributed by atoms with Gasteiger partial charge in [-0.05, 0) is 18.6 Å². The Morgan fingerprint density at radius 2 is 1.84 bits per heavy atom. The van der Waals surface area contributed by atoms with Crippen molar-refractivity contribution >= 4 is 5.78 Å². The number of ether oxygens (including phenoxy) is 2. The van der Waals surface area contributed by atoms with Crippen LogP contribution in [0.2, 0.25) is 0 Å².